The first-order valence-corrected chi connectivity index (χ1v) is 4.58. The molecule has 0 unspecified atom stereocenters. The van der Waals surface area contributed by atoms with E-state index in [2.05, 4.69) is 0 Å². The van der Waals surface area contributed by atoms with Gasteiger partial charge in [0.05, 0.1) is 12.2 Å². The lowest BCUT2D eigenvalue weighted by Crippen LogP contribution is -2.43. The Morgan fingerprint density at radius 2 is 1.18 bits per heavy atom. The van der Waals surface area contributed by atoms with Gasteiger partial charge in [-0.2, -0.15) is 11.8 Å². The van der Waals surface area contributed by atoms with Gasteiger partial charge in [0.2, 0.25) is 0 Å². The molecule has 11 heavy (non-hydrogen) atoms. The zero-order chi connectivity index (χ0) is 8.43. The largest absolute Gasteiger partial charge is 0.389 e. The van der Waals surface area contributed by atoms with E-state index in [0.717, 1.165) is 0 Å². The van der Waals surface area contributed by atoms with Gasteiger partial charge in [-0.25, -0.2) is 0 Å². The van der Waals surface area contributed by atoms with E-state index in [1.54, 1.807) is 0 Å². The summed E-state index contributed by atoms with van der Waals surface area (Å²) in [4.78, 5) is 0. The summed E-state index contributed by atoms with van der Waals surface area (Å²) in [7, 11) is 0. The number of thioether (sulfide) groups is 1. The van der Waals surface area contributed by atoms with Crippen molar-refractivity contribution in [2.45, 2.75) is 24.4 Å². The molecule has 1 heterocycles. The molecule has 1 fully saturated rings. The molecule has 1 aliphatic heterocycles. The maximum absolute atomic E-state index is 9.12. The predicted molar refractivity (Wildman–Crippen MR) is 41.4 cm³/mol. The molecule has 4 N–H and O–H groups in total. The molecule has 0 aromatic carbocycles. The summed E-state index contributed by atoms with van der Waals surface area (Å²) >= 11 is 1.32. The van der Waals surface area contributed by atoms with E-state index in [0.29, 0.717) is 11.5 Å². The summed E-state index contributed by atoms with van der Waals surface area (Å²) in [6.45, 7) is 0. The second-order valence-corrected chi connectivity index (χ2v) is 3.73. The summed E-state index contributed by atoms with van der Waals surface area (Å²) in [6.07, 6.45) is -4.32. The van der Waals surface area contributed by atoms with Gasteiger partial charge in [-0.3, -0.25) is 0 Å². The smallest absolute Gasteiger partial charge is 0.109 e. The van der Waals surface area contributed by atoms with E-state index in [1.165, 1.54) is 11.8 Å². The van der Waals surface area contributed by atoms with Crippen molar-refractivity contribution in [3.05, 3.63) is 0 Å². The van der Waals surface area contributed by atoms with E-state index in [1.807, 2.05) is 0 Å². The standard InChI is InChI=1S/C6H12O4S/c7-3-1-11-2-4(8)6(10)5(3)9/h3-10H,1-2H2/t3-,4-,5+,6+/m1/s1. The minimum absolute atomic E-state index is 0.356. The molecule has 0 amide bonds. The number of hydrogen-bond donors (Lipinski definition) is 4. The first-order valence-electron chi connectivity index (χ1n) is 3.43. The highest BCUT2D eigenvalue weighted by Gasteiger charge is 2.33. The van der Waals surface area contributed by atoms with Crippen LogP contribution >= 0.6 is 11.8 Å². The lowest BCUT2D eigenvalue weighted by molar-refractivity contribution is -0.0894. The Hall–Kier alpha value is 0.190. The van der Waals surface area contributed by atoms with Gasteiger partial charge in [0.1, 0.15) is 12.2 Å². The van der Waals surface area contributed by atoms with Gasteiger partial charge in [-0.1, -0.05) is 0 Å². The third kappa shape index (κ3) is 2.07. The van der Waals surface area contributed by atoms with Gasteiger partial charge in [-0.05, 0) is 0 Å². The Balaban J connectivity index is 2.58. The number of aliphatic hydroxyl groups excluding tert-OH is 4. The lowest BCUT2D eigenvalue weighted by atomic mass is 10.1. The Labute approximate surface area is 68.9 Å². The van der Waals surface area contributed by atoms with Crippen LogP contribution in [0, 0.1) is 0 Å². The van der Waals surface area contributed by atoms with Crippen LogP contribution in [0.3, 0.4) is 0 Å². The van der Waals surface area contributed by atoms with Crippen LogP contribution in [0.4, 0.5) is 0 Å². The van der Waals surface area contributed by atoms with Crippen LogP contribution in [0.5, 0.6) is 0 Å². The highest BCUT2D eigenvalue weighted by Crippen LogP contribution is 2.18. The summed E-state index contributed by atoms with van der Waals surface area (Å²) in [5, 5.41) is 36.5. The third-order valence-corrected chi connectivity index (χ3v) is 2.87. The fourth-order valence-corrected chi connectivity index (χ4v) is 1.98. The molecule has 1 rings (SSSR count). The van der Waals surface area contributed by atoms with E-state index < -0.39 is 24.4 Å². The first kappa shape index (κ1) is 9.28. The van der Waals surface area contributed by atoms with E-state index >= 15 is 0 Å². The minimum Gasteiger partial charge on any atom is -0.389 e. The summed E-state index contributed by atoms with van der Waals surface area (Å²) in [5.41, 5.74) is 0. The summed E-state index contributed by atoms with van der Waals surface area (Å²) in [5.74, 6) is 0.713. The number of hydrogen-bond acceptors (Lipinski definition) is 5. The Morgan fingerprint density at radius 3 is 1.55 bits per heavy atom. The van der Waals surface area contributed by atoms with Crippen LogP contribution in [0.25, 0.3) is 0 Å². The molecule has 1 aliphatic rings. The molecule has 1 saturated heterocycles. The van der Waals surface area contributed by atoms with Crippen molar-refractivity contribution in [1.82, 2.24) is 0 Å². The van der Waals surface area contributed by atoms with Gasteiger partial charge >= 0.3 is 0 Å². The average Bonchev–Trinajstić information content (AvgIpc) is 2.07. The van der Waals surface area contributed by atoms with Crippen LogP contribution in [-0.4, -0.2) is 56.3 Å². The van der Waals surface area contributed by atoms with Crippen molar-refractivity contribution < 1.29 is 20.4 Å². The van der Waals surface area contributed by atoms with Crippen LogP contribution in [0.1, 0.15) is 0 Å². The summed E-state index contributed by atoms with van der Waals surface area (Å²) < 4.78 is 0. The molecule has 0 spiro atoms. The molecule has 4 atom stereocenters. The average molecular weight is 180 g/mol. The monoisotopic (exact) mass is 180 g/mol. The molecular formula is C6H12O4S. The normalized spacial score (nSPS) is 46.9. The lowest BCUT2D eigenvalue weighted by Gasteiger charge is -2.21. The van der Waals surface area contributed by atoms with Gasteiger partial charge in [-0.15, -0.1) is 0 Å². The Kier molecular flexibility index (Phi) is 3.15. The number of rotatable bonds is 0. The first-order chi connectivity index (χ1) is 5.13. The molecule has 4 nitrogen and oxygen atoms in total. The van der Waals surface area contributed by atoms with E-state index in [9.17, 15) is 0 Å². The van der Waals surface area contributed by atoms with E-state index in [-0.39, 0.29) is 0 Å². The van der Waals surface area contributed by atoms with Crippen molar-refractivity contribution in [3.63, 3.8) is 0 Å². The van der Waals surface area contributed by atoms with Crippen LogP contribution in [0.15, 0.2) is 0 Å². The van der Waals surface area contributed by atoms with Crippen LogP contribution < -0.4 is 0 Å². The van der Waals surface area contributed by atoms with Gasteiger partial charge in [0, 0.05) is 11.5 Å². The fraction of sp³-hybridized carbons (Fsp3) is 1.00. The van der Waals surface area contributed by atoms with Crippen LogP contribution in [-0.2, 0) is 0 Å². The molecule has 0 saturated carbocycles. The van der Waals surface area contributed by atoms with Gasteiger partial charge in [0.15, 0.2) is 0 Å². The minimum atomic E-state index is -1.22. The molecular weight excluding hydrogens is 168 g/mol. The van der Waals surface area contributed by atoms with Gasteiger partial charge < -0.3 is 20.4 Å². The van der Waals surface area contributed by atoms with Crippen molar-refractivity contribution in [2.75, 3.05) is 11.5 Å². The molecule has 0 aliphatic carbocycles. The second kappa shape index (κ2) is 3.73. The molecule has 66 valence electrons. The predicted octanol–water partition coefficient (Wildman–Crippen LogP) is -1.82. The maximum Gasteiger partial charge on any atom is 0.109 e. The van der Waals surface area contributed by atoms with E-state index in [4.69, 9.17) is 20.4 Å². The highest BCUT2D eigenvalue weighted by atomic mass is 32.2. The SMILES string of the molecule is O[C@@H]1[C@@H](O)[C@H](O)CSC[C@H]1O. The van der Waals surface area contributed by atoms with Crippen molar-refractivity contribution in [3.8, 4) is 0 Å². The van der Waals surface area contributed by atoms with Crippen LogP contribution in [0.2, 0.25) is 0 Å². The molecule has 5 heteroatoms. The quantitative estimate of drug-likeness (QED) is 0.353. The molecule has 0 bridgehead atoms. The number of aliphatic hydroxyl groups is 4. The molecule has 0 aromatic rings. The highest BCUT2D eigenvalue weighted by molar-refractivity contribution is 7.99. The zero-order valence-corrected chi connectivity index (χ0v) is 6.74. The Bertz CT molecular complexity index is 118. The molecule has 0 aromatic heterocycles. The maximum atomic E-state index is 9.12. The molecule has 0 radical (unpaired) electrons. The van der Waals surface area contributed by atoms with Crippen molar-refractivity contribution in [1.29, 1.82) is 0 Å². The third-order valence-electron chi connectivity index (χ3n) is 1.72. The zero-order valence-electron chi connectivity index (χ0n) is 5.92. The van der Waals surface area contributed by atoms with Gasteiger partial charge in [0.25, 0.3) is 0 Å². The topological polar surface area (TPSA) is 80.9 Å². The summed E-state index contributed by atoms with van der Waals surface area (Å²) in [6, 6.07) is 0. The van der Waals surface area contributed by atoms with Crippen molar-refractivity contribution >= 4 is 11.8 Å². The van der Waals surface area contributed by atoms with Crippen molar-refractivity contribution in [2.24, 2.45) is 0 Å². The Morgan fingerprint density at radius 1 is 0.818 bits per heavy atom. The second-order valence-electron chi connectivity index (χ2n) is 2.65. The fourth-order valence-electron chi connectivity index (χ4n) is 0.962.